The smallest absolute Gasteiger partial charge is 0.267 e. The maximum atomic E-state index is 13.1. The van der Waals surface area contributed by atoms with Gasteiger partial charge in [-0.1, -0.05) is 35.9 Å². The van der Waals surface area contributed by atoms with Crippen molar-refractivity contribution in [2.45, 2.75) is 6.92 Å². The van der Waals surface area contributed by atoms with Crippen molar-refractivity contribution in [3.05, 3.63) is 82.4 Å². The second kappa shape index (κ2) is 7.27. The van der Waals surface area contributed by atoms with Gasteiger partial charge in [0.1, 0.15) is 11.0 Å². The molecule has 5 nitrogen and oxygen atoms in total. The predicted molar refractivity (Wildman–Crippen MR) is 94.8 cm³/mol. The molecule has 0 atom stereocenters. The third-order valence-electron chi connectivity index (χ3n) is 3.50. The standard InChI is InChI=1S/C18H14ClFN4O/c1-12-16(17(19)24(23-12)15-8-3-2-4-9-15)11-21-22-18(25)13-6-5-7-14(20)10-13/h2-11H,1H3,(H,22,25). The number of nitrogens with zero attached hydrogens (tertiary/aromatic N) is 3. The van der Waals surface area contributed by atoms with E-state index in [0.29, 0.717) is 16.4 Å². The fourth-order valence-electron chi connectivity index (χ4n) is 2.25. The van der Waals surface area contributed by atoms with Crippen LogP contribution in [0, 0.1) is 12.7 Å². The summed E-state index contributed by atoms with van der Waals surface area (Å²) >= 11 is 6.36. The first-order valence-corrected chi connectivity index (χ1v) is 7.83. The lowest BCUT2D eigenvalue weighted by molar-refractivity contribution is 0.0954. The van der Waals surface area contributed by atoms with Crippen molar-refractivity contribution in [1.29, 1.82) is 0 Å². The van der Waals surface area contributed by atoms with Crippen LogP contribution in [0.1, 0.15) is 21.6 Å². The fourth-order valence-corrected chi connectivity index (χ4v) is 2.57. The minimum atomic E-state index is -0.514. The number of aromatic nitrogens is 2. The average molecular weight is 357 g/mol. The van der Waals surface area contributed by atoms with Gasteiger partial charge in [-0.05, 0) is 37.3 Å². The maximum absolute atomic E-state index is 13.1. The van der Waals surface area contributed by atoms with Gasteiger partial charge in [-0.3, -0.25) is 4.79 Å². The summed E-state index contributed by atoms with van der Waals surface area (Å²) in [5, 5.41) is 8.65. The van der Waals surface area contributed by atoms with Crippen molar-refractivity contribution in [1.82, 2.24) is 15.2 Å². The zero-order valence-electron chi connectivity index (χ0n) is 13.3. The van der Waals surface area contributed by atoms with Gasteiger partial charge >= 0.3 is 0 Å². The van der Waals surface area contributed by atoms with E-state index in [0.717, 1.165) is 11.8 Å². The predicted octanol–water partition coefficient (Wildman–Crippen LogP) is 3.74. The summed E-state index contributed by atoms with van der Waals surface area (Å²) in [6.45, 7) is 1.79. The molecule has 0 bridgehead atoms. The Morgan fingerprint density at radius 3 is 2.72 bits per heavy atom. The Bertz CT molecular complexity index is 938. The van der Waals surface area contributed by atoms with Crippen LogP contribution in [0.3, 0.4) is 0 Å². The number of hydrogen-bond donors (Lipinski definition) is 1. The Hall–Kier alpha value is -2.99. The number of para-hydroxylation sites is 1. The second-order valence-corrected chi connectivity index (χ2v) is 5.60. The molecule has 0 fully saturated rings. The highest BCUT2D eigenvalue weighted by atomic mass is 35.5. The normalized spacial score (nSPS) is 11.0. The van der Waals surface area contributed by atoms with Crippen molar-refractivity contribution in [2.75, 3.05) is 0 Å². The van der Waals surface area contributed by atoms with Crippen LogP contribution in [0.25, 0.3) is 5.69 Å². The molecule has 0 aliphatic rings. The molecule has 1 N–H and O–H groups in total. The topological polar surface area (TPSA) is 59.3 Å². The summed E-state index contributed by atoms with van der Waals surface area (Å²) in [5.41, 5.74) is 4.60. The zero-order valence-corrected chi connectivity index (χ0v) is 14.0. The molecule has 0 radical (unpaired) electrons. The minimum absolute atomic E-state index is 0.181. The molecule has 0 aliphatic carbocycles. The summed E-state index contributed by atoms with van der Waals surface area (Å²) in [4.78, 5) is 11.9. The van der Waals surface area contributed by atoms with E-state index in [-0.39, 0.29) is 5.56 Å². The van der Waals surface area contributed by atoms with E-state index in [9.17, 15) is 9.18 Å². The maximum Gasteiger partial charge on any atom is 0.271 e. The average Bonchev–Trinajstić information content (AvgIpc) is 2.90. The number of benzene rings is 2. The Balaban J connectivity index is 1.78. The third kappa shape index (κ3) is 3.75. The van der Waals surface area contributed by atoms with Crippen LogP contribution in [0.4, 0.5) is 4.39 Å². The number of hydrazone groups is 1. The Labute approximate surface area is 148 Å². The van der Waals surface area contributed by atoms with Crippen LogP contribution in [-0.4, -0.2) is 21.9 Å². The van der Waals surface area contributed by atoms with Gasteiger partial charge in [0.15, 0.2) is 0 Å². The molecule has 1 aromatic heterocycles. The van der Waals surface area contributed by atoms with Gasteiger partial charge in [-0.15, -0.1) is 0 Å². The van der Waals surface area contributed by atoms with Gasteiger partial charge in [-0.25, -0.2) is 14.5 Å². The second-order valence-electron chi connectivity index (χ2n) is 5.25. The first-order chi connectivity index (χ1) is 12.1. The van der Waals surface area contributed by atoms with Gasteiger partial charge in [0.05, 0.1) is 23.2 Å². The molecule has 0 unspecified atom stereocenters. The summed E-state index contributed by atoms with van der Waals surface area (Å²) < 4.78 is 14.7. The number of carbonyl (C=O) groups is 1. The highest BCUT2D eigenvalue weighted by Gasteiger charge is 2.13. The van der Waals surface area contributed by atoms with Crippen LogP contribution in [0.5, 0.6) is 0 Å². The molecule has 7 heteroatoms. The van der Waals surface area contributed by atoms with Gasteiger partial charge in [0, 0.05) is 5.56 Å². The van der Waals surface area contributed by atoms with Gasteiger partial charge < -0.3 is 0 Å². The number of carbonyl (C=O) groups excluding carboxylic acids is 1. The van der Waals surface area contributed by atoms with Crippen LogP contribution < -0.4 is 5.43 Å². The Kier molecular flexibility index (Phi) is 4.90. The molecule has 0 saturated carbocycles. The molecule has 1 amide bonds. The third-order valence-corrected chi connectivity index (χ3v) is 3.86. The molecule has 1 heterocycles. The van der Waals surface area contributed by atoms with E-state index in [1.807, 2.05) is 30.3 Å². The summed E-state index contributed by atoms with van der Waals surface area (Å²) in [7, 11) is 0. The molecular weight excluding hydrogens is 343 g/mol. The van der Waals surface area contributed by atoms with Crippen molar-refractivity contribution < 1.29 is 9.18 Å². The summed E-state index contributed by atoms with van der Waals surface area (Å²) in [5.74, 6) is -1.00. The lowest BCUT2D eigenvalue weighted by atomic mass is 10.2. The lowest BCUT2D eigenvalue weighted by Crippen LogP contribution is -2.17. The van der Waals surface area contributed by atoms with E-state index >= 15 is 0 Å². The monoisotopic (exact) mass is 356 g/mol. The van der Waals surface area contributed by atoms with Gasteiger partial charge in [0.25, 0.3) is 5.91 Å². The fraction of sp³-hybridized carbons (Fsp3) is 0.0556. The van der Waals surface area contributed by atoms with Crippen LogP contribution in [0.15, 0.2) is 59.7 Å². The SMILES string of the molecule is Cc1nn(-c2ccccc2)c(Cl)c1C=NNC(=O)c1cccc(F)c1. The molecule has 0 saturated heterocycles. The van der Waals surface area contributed by atoms with Gasteiger partial charge in [0.2, 0.25) is 0 Å². The number of aryl methyl sites for hydroxylation is 1. The molecule has 0 aliphatic heterocycles. The molecule has 0 spiro atoms. The largest absolute Gasteiger partial charge is 0.271 e. The van der Waals surface area contributed by atoms with Crippen LogP contribution in [0.2, 0.25) is 5.15 Å². The number of nitrogens with one attached hydrogen (secondary N) is 1. The number of hydrogen-bond acceptors (Lipinski definition) is 3. The van der Waals surface area contributed by atoms with Gasteiger partial charge in [-0.2, -0.15) is 10.2 Å². The van der Waals surface area contributed by atoms with Crippen molar-refractivity contribution >= 4 is 23.7 Å². The number of amides is 1. The van der Waals surface area contributed by atoms with E-state index in [2.05, 4.69) is 15.6 Å². The Morgan fingerprint density at radius 2 is 2.00 bits per heavy atom. The zero-order chi connectivity index (χ0) is 17.8. The first-order valence-electron chi connectivity index (χ1n) is 7.46. The van der Waals surface area contributed by atoms with E-state index < -0.39 is 11.7 Å². The van der Waals surface area contributed by atoms with Crippen molar-refractivity contribution in [3.63, 3.8) is 0 Å². The minimum Gasteiger partial charge on any atom is -0.267 e. The van der Waals surface area contributed by atoms with E-state index in [1.54, 1.807) is 11.6 Å². The number of halogens is 2. The quantitative estimate of drug-likeness (QED) is 0.572. The molecule has 2 aromatic carbocycles. The molecule has 3 rings (SSSR count). The summed E-state index contributed by atoms with van der Waals surface area (Å²) in [6.07, 6.45) is 1.42. The molecular formula is C18H14ClFN4O. The first kappa shape index (κ1) is 16.9. The Morgan fingerprint density at radius 1 is 1.24 bits per heavy atom. The van der Waals surface area contributed by atoms with Crippen LogP contribution in [-0.2, 0) is 0 Å². The van der Waals surface area contributed by atoms with Crippen molar-refractivity contribution in [3.8, 4) is 5.69 Å². The molecule has 126 valence electrons. The van der Waals surface area contributed by atoms with E-state index in [4.69, 9.17) is 11.6 Å². The lowest BCUT2D eigenvalue weighted by Gasteiger charge is -2.02. The van der Waals surface area contributed by atoms with Crippen LogP contribution >= 0.6 is 11.6 Å². The van der Waals surface area contributed by atoms with Crippen molar-refractivity contribution in [2.24, 2.45) is 5.10 Å². The summed E-state index contributed by atoms with van der Waals surface area (Å²) in [6, 6.07) is 14.8. The molecule has 25 heavy (non-hydrogen) atoms. The van der Waals surface area contributed by atoms with E-state index in [1.165, 1.54) is 24.4 Å². The highest BCUT2D eigenvalue weighted by molar-refractivity contribution is 6.32. The molecule has 3 aromatic rings. The number of rotatable bonds is 4. The highest BCUT2D eigenvalue weighted by Crippen LogP contribution is 2.21.